The maximum atomic E-state index is 13.2. The van der Waals surface area contributed by atoms with Gasteiger partial charge in [0.2, 0.25) is 0 Å². The van der Waals surface area contributed by atoms with Crippen LogP contribution in [0.4, 0.5) is 0 Å². The lowest BCUT2D eigenvalue weighted by molar-refractivity contribution is 0.0304. The summed E-state index contributed by atoms with van der Waals surface area (Å²) < 4.78 is 23.2. The van der Waals surface area contributed by atoms with Gasteiger partial charge in [-0.05, 0) is 38.2 Å². The van der Waals surface area contributed by atoms with Crippen LogP contribution in [0.2, 0.25) is 5.02 Å². The first kappa shape index (κ1) is 23.9. The molecule has 0 aliphatic carbocycles. The van der Waals surface area contributed by atoms with Crippen molar-refractivity contribution in [2.45, 2.75) is 83.7 Å². The highest BCUT2D eigenvalue weighted by Gasteiger charge is 2.39. The third kappa shape index (κ3) is 6.37. The fourth-order valence-electron chi connectivity index (χ4n) is 3.77. The maximum absolute atomic E-state index is 13.2. The van der Waals surface area contributed by atoms with Gasteiger partial charge in [0.05, 0.1) is 36.5 Å². The molecule has 1 fully saturated rings. The van der Waals surface area contributed by atoms with Crippen LogP contribution in [0.1, 0.15) is 68.8 Å². The van der Waals surface area contributed by atoms with Crippen LogP contribution in [0.25, 0.3) is 0 Å². The number of fused-ring (bicyclic) bond motifs is 2. The number of rotatable bonds is 6. The van der Waals surface area contributed by atoms with Crippen molar-refractivity contribution in [2.75, 3.05) is 13.2 Å². The van der Waals surface area contributed by atoms with Gasteiger partial charge < -0.3 is 24.1 Å². The number of benzene rings is 1. The Morgan fingerprint density at radius 2 is 1.87 bits per heavy atom. The molecule has 2 aliphatic rings. The second-order valence-electron chi connectivity index (χ2n) is 8.18. The standard InChI is InChI=1S/C24H33ClO6/c1-4-10-28-20-14-21(29-11-5-2)23(25)17-13-16(26)8-6-7-9-18-19(31-18)12-15(3)30-24(27)22(17)20/h6,8,14-16,18-19,26H,4-5,7,9-13H2,1-3H3/b8-6+/t15-,16+,18+,19-/m1/s1. The molecule has 2 heterocycles. The molecule has 4 atom stereocenters. The second-order valence-corrected chi connectivity index (χ2v) is 8.56. The molecule has 1 aromatic rings. The third-order valence-corrected chi connectivity index (χ3v) is 5.78. The van der Waals surface area contributed by atoms with Crippen LogP contribution in [0.15, 0.2) is 18.2 Å². The molecule has 7 heteroatoms. The molecule has 0 aromatic heterocycles. The van der Waals surface area contributed by atoms with E-state index in [9.17, 15) is 9.90 Å². The van der Waals surface area contributed by atoms with Crippen molar-refractivity contribution < 1.29 is 28.8 Å². The molecule has 0 spiro atoms. The average Bonchev–Trinajstić information content (AvgIpc) is 3.47. The van der Waals surface area contributed by atoms with Crippen molar-refractivity contribution in [3.05, 3.63) is 34.4 Å². The fourth-order valence-corrected chi connectivity index (χ4v) is 4.05. The largest absolute Gasteiger partial charge is 0.493 e. The molecule has 172 valence electrons. The normalized spacial score (nSPS) is 27.3. The zero-order valence-corrected chi connectivity index (χ0v) is 19.3. The van der Waals surface area contributed by atoms with Crippen molar-refractivity contribution in [2.24, 2.45) is 0 Å². The Morgan fingerprint density at radius 3 is 2.58 bits per heavy atom. The number of hydrogen-bond acceptors (Lipinski definition) is 6. The summed E-state index contributed by atoms with van der Waals surface area (Å²) in [4.78, 5) is 13.2. The maximum Gasteiger partial charge on any atom is 0.342 e. The van der Waals surface area contributed by atoms with E-state index in [1.165, 1.54) is 0 Å². The Morgan fingerprint density at radius 1 is 1.16 bits per heavy atom. The van der Waals surface area contributed by atoms with Crippen molar-refractivity contribution in [3.63, 3.8) is 0 Å². The van der Waals surface area contributed by atoms with E-state index in [-0.39, 0.29) is 30.3 Å². The van der Waals surface area contributed by atoms with E-state index < -0.39 is 12.1 Å². The first-order valence-corrected chi connectivity index (χ1v) is 11.6. The highest BCUT2D eigenvalue weighted by molar-refractivity contribution is 6.33. The van der Waals surface area contributed by atoms with Crippen molar-refractivity contribution in [3.8, 4) is 11.5 Å². The molecular formula is C24H33ClO6. The monoisotopic (exact) mass is 452 g/mol. The van der Waals surface area contributed by atoms with Gasteiger partial charge in [-0.3, -0.25) is 0 Å². The molecule has 3 rings (SSSR count). The molecule has 1 N–H and O–H groups in total. The summed E-state index contributed by atoms with van der Waals surface area (Å²) in [7, 11) is 0. The number of allylic oxidation sites excluding steroid dienone is 1. The van der Waals surface area contributed by atoms with Gasteiger partial charge in [-0.25, -0.2) is 4.79 Å². The van der Waals surface area contributed by atoms with Gasteiger partial charge in [-0.1, -0.05) is 37.6 Å². The first-order valence-electron chi connectivity index (χ1n) is 11.3. The van der Waals surface area contributed by atoms with Crippen LogP contribution in [0, 0.1) is 0 Å². The predicted molar refractivity (Wildman–Crippen MR) is 119 cm³/mol. The summed E-state index contributed by atoms with van der Waals surface area (Å²) in [5.74, 6) is 0.303. The molecule has 31 heavy (non-hydrogen) atoms. The zero-order valence-electron chi connectivity index (χ0n) is 18.6. The second kappa shape index (κ2) is 11.2. The van der Waals surface area contributed by atoms with Crippen LogP contribution in [0.3, 0.4) is 0 Å². The zero-order chi connectivity index (χ0) is 22.4. The van der Waals surface area contributed by atoms with Crippen LogP contribution in [-0.4, -0.2) is 48.7 Å². The highest BCUT2D eigenvalue weighted by Crippen LogP contribution is 2.40. The van der Waals surface area contributed by atoms with Crippen LogP contribution < -0.4 is 9.47 Å². The number of carbonyl (C=O) groups excluding carboxylic acids is 1. The number of aliphatic hydroxyl groups is 1. The van der Waals surface area contributed by atoms with Gasteiger partial charge in [-0.15, -0.1) is 0 Å². The van der Waals surface area contributed by atoms with E-state index in [0.29, 0.717) is 41.7 Å². The lowest BCUT2D eigenvalue weighted by Gasteiger charge is -2.21. The van der Waals surface area contributed by atoms with Crippen molar-refractivity contribution in [1.29, 1.82) is 0 Å². The van der Waals surface area contributed by atoms with Gasteiger partial charge in [0, 0.05) is 18.9 Å². The smallest absolute Gasteiger partial charge is 0.342 e. The molecule has 1 aromatic carbocycles. The molecule has 2 aliphatic heterocycles. The molecule has 0 unspecified atom stereocenters. The quantitative estimate of drug-likeness (QED) is 0.376. The van der Waals surface area contributed by atoms with Gasteiger partial charge >= 0.3 is 5.97 Å². The molecule has 6 nitrogen and oxygen atoms in total. The molecule has 1 saturated heterocycles. The van der Waals surface area contributed by atoms with Crippen LogP contribution >= 0.6 is 11.6 Å². The van der Waals surface area contributed by atoms with Crippen molar-refractivity contribution in [1.82, 2.24) is 0 Å². The Labute approximate surface area is 189 Å². The van der Waals surface area contributed by atoms with Gasteiger partial charge in [0.1, 0.15) is 23.2 Å². The predicted octanol–water partition coefficient (Wildman–Crippen LogP) is 4.87. The first-order chi connectivity index (χ1) is 14.9. The van der Waals surface area contributed by atoms with Gasteiger partial charge in [0.25, 0.3) is 0 Å². The topological polar surface area (TPSA) is 77.5 Å². The molecule has 0 radical (unpaired) electrons. The Kier molecular flexibility index (Phi) is 8.64. The number of esters is 1. The van der Waals surface area contributed by atoms with E-state index in [1.807, 2.05) is 26.8 Å². The number of ether oxygens (including phenoxy) is 4. The van der Waals surface area contributed by atoms with E-state index >= 15 is 0 Å². The summed E-state index contributed by atoms with van der Waals surface area (Å²) in [5, 5.41) is 10.9. The van der Waals surface area contributed by atoms with Gasteiger partial charge in [-0.2, -0.15) is 0 Å². The minimum absolute atomic E-state index is 0.104. The number of epoxide rings is 1. The van der Waals surface area contributed by atoms with Crippen molar-refractivity contribution >= 4 is 17.6 Å². The summed E-state index contributed by atoms with van der Waals surface area (Å²) in [5.41, 5.74) is 0.736. The minimum Gasteiger partial charge on any atom is -0.493 e. The van der Waals surface area contributed by atoms with E-state index in [0.717, 1.165) is 25.7 Å². The Balaban J connectivity index is 2.02. The van der Waals surface area contributed by atoms with Gasteiger partial charge in [0.15, 0.2) is 0 Å². The summed E-state index contributed by atoms with van der Waals surface area (Å²) in [6.45, 7) is 6.78. The molecular weight excluding hydrogens is 420 g/mol. The SMILES string of the molecule is CCCOc1cc(OCCC)c2c(c1Cl)C[C@@H](O)/C=C/CC[C@@H]1O[C@@H]1C[C@@H](C)OC2=O. The molecule has 0 bridgehead atoms. The summed E-state index contributed by atoms with van der Waals surface area (Å²) in [6.07, 6.45) is 6.97. The fraction of sp³-hybridized carbons (Fsp3) is 0.625. The summed E-state index contributed by atoms with van der Waals surface area (Å²) >= 11 is 6.67. The Hall–Kier alpha value is -1.76. The lowest BCUT2D eigenvalue weighted by atomic mass is 9.98. The minimum atomic E-state index is -0.805. The van der Waals surface area contributed by atoms with E-state index in [2.05, 4.69) is 0 Å². The number of halogens is 1. The Bertz CT molecular complexity index is 793. The molecule has 0 saturated carbocycles. The molecule has 0 amide bonds. The number of aliphatic hydroxyl groups excluding tert-OH is 1. The number of hydrogen-bond donors (Lipinski definition) is 1. The lowest BCUT2D eigenvalue weighted by Crippen LogP contribution is -2.21. The van der Waals surface area contributed by atoms with Crippen LogP contribution in [-0.2, 0) is 15.9 Å². The number of carbonyl (C=O) groups is 1. The summed E-state index contributed by atoms with van der Waals surface area (Å²) in [6, 6.07) is 1.66. The highest BCUT2D eigenvalue weighted by atomic mass is 35.5. The van der Waals surface area contributed by atoms with Crippen LogP contribution in [0.5, 0.6) is 11.5 Å². The van der Waals surface area contributed by atoms with E-state index in [4.69, 9.17) is 30.5 Å². The average molecular weight is 453 g/mol. The number of cyclic esters (lactones) is 1. The third-order valence-electron chi connectivity index (χ3n) is 5.37. The van der Waals surface area contributed by atoms with E-state index in [1.54, 1.807) is 12.1 Å².